The normalized spacial score (nSPS) is 12.4. The minimum Gasteiger partial charge on any atom is -0.350 e. The van der Waals surface area contributed by atoms with Crippen LogP contribution < -0.4 is 9.62 Å². The van der Waals surface area contributed by atoms with Gasteiger partial charge in [0.2, 0.25) is 11.8 Å². The van der Waals surface area contributed by atoms with E-state index >= 15 is 0 Å². The summed E-state index contributed by atoms with van der Waals surface area (Å²) in [5, 5.41) is 3.47. The molecule has 4 aromatic rings. The van der Waals surface area contributed by atoms with E-state index in [1.54, 1.807) is 48.5 Å². The standard InChI is InChI=1S/C37H42ClN3O4S/c1-27(2)29-20-22-31(23-21-29)41(46(44,45)32-17-10-7-11-18-32)26-35(42)40(25-30-16-12-13-19-33(30)38)34(36(43)39-37(3,4)5)24-28-14-8-6-9-15-28/h6-23,27,34H,24-26H2,1-5H3,(H,39,43)/t34-/m0/s1. The van der Waals surface area contributed by atoms with Crippen molar-refractivity contribution in [1.29, 1.82) is 0 Å². The summed E-state index contributed by atoms with van der Waals surface area (Å²) in [5.74, 6) is -0.658. The Balaban J connectivity index is 1.83. The number of amides is 2. The SMILES string of the molecule is CC(C)c1ccc(N(CC(=O)N(Cc2ccccc2Cl)[C@@H](Cc2ccccc2)C(=O)NC(C)(C)C)S(=O)(=O)c2ccccc2)cc1. The van der Waals surface area contributed by atoms with Crippen LogP contribution in [0.25, 0.3) is 0 Å². The first-order valence-electron chi connectivity index (χ1n) is 15.3. The Labute approximate surface area is 278 Å². The molecule has 0 bridgehead atoms. The van der Waals surface area contributed by atoms with Gasteiger partial charge in [-0.05, 0) is 73.7 Å². The van der Waals surface area contributed by atoms with Crippen LogP contribution in [0.15, 0.2) is 114 Å². The van der Waals surface area contributed by atoms with Gasteiger partial charge in [0.05, 0.1) is 10.6 Å². The molecule has 4 rings (SSSR count). The molecule has 1 atom stereocenters. The summed E-state index contributed by atoms with van der Waals surface area (Å²) >= 11 is 6.57. The third kappa shape index (κ3) is 8.98. The Morgan fingerprint density at radius 1 is 0.804 bits per heavy atom. The molecule has 9 heteroatoms. The molecule has 0 aliphatic carbocycles. The smallest absolute Gasteiger partial charge is 0.264 e. The maximum absolute atomic E-state index is 14.6. The molecule has 242 valence electrons. The van der Waals surface area contributed by atoms with Crippen LogP contribution in [0.5, 0.6) is 0 Å². The van der Waals surface area contributed by atoms with Crippen LogP contribution in [-0.2, 0) is 32.6 Å². The lowest BCUT2D eigenvalue weighted by Crippen LogP contribution is -2.56. The highest BCUT2D eigenvalue weighted by molar-refractivity contribution is 7.92. The molecule has 7 nitrogen and oxygen atoms in total. The molecule has 46 heavy (non-hydrogen) atoms. The number of hydrogen-bond donors (Lipinski definition) is 1. The summed E-state index contributed by atoms with van der Waals surface area (Å²) in [4.78, 5) is 30.1. The zero-order valence-corrected chi connectivity index (χ0v) is 28.6. The number of hydrogen-bond acceptors (Lipinski definition) is 4. The zero-order valence-electron chi connectivity index (χ0n) is 27.0. The Morgan fingerprint density at radius 2 is 1.37 bits per heavy atom. The van der Waals surface area contributed by atoms with Crippen molar-refractivity contribution in [3.63, 3.8) is 0 Å². The van der Waals surface area contributed by atoms with Gasteiger partial charge in [-0.25, -0.2) is 8.42 Å². The summed E-state index contributed by atoms with van der Waals surface area (Å²) in [5.41, 5.74) is 2.29. The monoisotopic (exact) mass is 659 g/mol. The number of anilines is 1. The number of carbonyl (C=O) groups is 2. The Morgan fingerprint density at radius 3 is 1.93 bits per heavy atom. The van der Waals surface area contributed by atoms with Gasteiger partial charge in [-0.15, -0.1) is 0 Å². The van der Waals surface area contributed by atoms with E-state index in [1.807, 2.05) is 69.3 Å². The van der Waals surface area contributed by atoms with Gasteiger partial charge in [0.1, 0.15) is 12.6 Å². The fourth-order valence-corrected chi connectivity index (χ4v) is 6.72. The third-order valence-electron chi connectivity index (χ3n) is 7.53. The predicted molar refractivity (Wildman–Crippen MR) is 185 cm³/mol. The highest BCUT2D eigenvalue weighted by Crippen LogP contribution is 2.28. The van der Waals surface area contributed by atoms with Crippen molar-refractivity contribution in [2.75, 3.05) is 10.8 Å². The molecule has 0 radical (unpaired) electrons. The molecule has 0 unspecified atom stereocenters. The first-order chi connectivity index (χ1) is 21.8. The van der Waals surface area contributed by atoms with E-state index in [1.165, 1.54) is 17.0 Å². The second-order valence-corrected chi connectivity index (χ2v) is 14.9. The van der Waals surface area contributed by atoms with E-state index in [0.29, 0.717) is 16.3 Å². The molecule has 0 aliphatic heterocycles. The van der Waals surface area contributed by atoms with Crippen LogP contribution in [0.4, 0.5) is 5.69 Å². The largest absolute Gasteiger partial charge is 0.350 e. The molecule has 0 heterocycles. The quantitative estimate of drug-likeness (QED) is 0.174. The van der Waals surface area contributed by atoms with E-state index < -0.39 is 34.1 Å². The van der Waals surface area contributed by atoms with E-state index in [-0.39, 0.29) is 29.7 Å². The number of carbonyl (C=O) groups excluding carboxylic acids is 2. The van der Waals surface area contributed by atoms with E-state index in [0.717, 1.165) is 15.4 Å². The number of sulfonamides is 1. The lowest BCUT2D eigenvalue weighted by molar-refractivity contribution is -0.140. The van der Waals surface area contributed by atoms with Gasteiger partial charge in [-0.2, -0.15) is 0 Å². The molecule has 0 aromatic heterocycles. The van der Waals surface area contributed by atoms with Gasteiger partial charge in [0, 0.05) is 23.5 Å². The van der Waals surface area contributed by atoms with Crippen LogP contribution in [-0.4, -0.2) is 43.3 Å². The Hall–Kier alpha value is -4.14. The van der Waals surface area contributed by atoms with Crippen LogP contribution >= 0.6 is 11.6 Å². The van der Waals surface area contributed by atoms with Gasteiger partial charge in [0.25, 0.3) is 10.0 Å². The second kappa shape index (κ2) is 15.0. The maximum Gasteiger partial charge on any atom is 0.264 e. The van der Waals surface area contributed by atoms with E-state index in [4.69, 9.17) is 11.6 Å². The molecule has 2 amide bonds. The van der Waals surface area contributed by atoms with Crippen molar-refractivity contribution in [2.24, 2.45) is 0 Å². The number of halogens is 1. The van der Waals surface area contributed by atoms with Crippen LogP contribution in [0.2, 0.25) is 5.02 Å². The zero-order chi connectivity index (χ0) is 33.5. The van der Waals surface area contributed by atoms with Crippen molar-refractivity contribution >= 4 is 39.1 Å². The van der Waals surface area contributed by atoms with Crippen LogP contribution in [0, 0.1) is 0 Å². The topological polar surface area (TPSA) is 86.8 Å². The fraction of sp³-hybridized carbons (Fsp3) is 0.297. The molecule has 0 fully saturated rings. The number of benzene rings is 4. The third-order valence-corrected chi connectivity index (χ3v) is 9.68. The maximum atomic E-state index is 14.6. The number of nitrogens with one attached hydrogen (secondary N) is 1. The summed E-state index contributed by atoms with van der Waals surface area (Å²) in [7, 11) is -4.17. The Kier molecular flexibility index (Phi) is 11.3. The highest BCUT2D eigenvalue weighted by atomic mass is 35.5. The van der Waals surface area contributed by atoms with Gasteiger partial charge < -0.3 is 10.2 Å². The van der Waals surface area contributed by atoms with E-state index in [2.05, 4.69) is 19.2 Å². The summed E-state index contributed by atoms with van der Waals surface area (Å²) in [6.45, 7) is 9.20. The van der Waals surface area contributed by atoms with Crippen LogP contribution in [0.3, 0.4) is 0 Å². The molecular formula is C37H42ClN3O4S. The van der Waals surface area contributed by atoms with Gasteiger partial charge in [0.15, 0.2) is 0 Å². The average molecular weight is 660 g/mol. The summed E-state index contributed by atoms with van der Waals surface area (Å²) in [6.07, 6.45) is 0.216. The van der Waals surface area contributed by atoms with Crippen molar-refractivity contribution < 1.29 is 18.0 Å². The van der Waals surface area contributed by atoms with Crippen LogP contribution in [0.1, 0.15) is 57.2 Å². The van der Waals surface area contributed by atoms with Crippen molar-refractivity contribution in [1.82, 2.24) is 10.2 Å². The lowest BCUT2D eigenvalue weighted by atomic mass is 10.0. The molecular weight excluding hydrogens is 618 g/mol. The second-order valence-electron chi connectivity index (χ2n) is 12.6. The first-order valence-corrected chi connectivity index (χ1v) is 17.1. The van der Waals surface area contributed by atoms with Gasteiger partial charge in [-0.1, -0.05) is 104 Å². The molecule has 0 spiro atoms. The summed E-state index contributed by atoms with van der Waals surface area (Å²) in [6, 6.07) is 30.8. The minimum absolute atomic E-state index is 0.000911. The molecule has 1 N–H and O–H groups in total. The highest BCUT2D eigenvalue weighted by Gasteiger charge is 2.35. The Bertz CT molecular complexity index is 1720. The summed E-state index contributed by atoms with van der Waals surface area (Å²) < 4.78 is 29.4. The number of nitrogens with zero attached hydrogens (tertiary/aromatic N) is 2. The molecule has 0 aliphatic rings. The minimum atomic E-state index is -4.17. The van der Waals surface area contributed by atoms with Crippen molar-refractivity contribution in [3.8, 4) is 0 Å². The predicted octanol–water partition coefficient (Wildman–Crippen LogP) is 7.21. The van der Waals surface area contributed by atoms with Gasteiger partial charge in [-0.3, -0.25) is 13.9 Å². The first kappa shape index (κ1) is 34.7. The molecule has 4 aromatic carbocycles. The fourth-order valence-electron chi connectivity index (χ4n) is 5.09. The molecule has 0 saturated carbocycles. The lowest BCUT2D eigenvalue weighted by Gasteiger charge is -2.35. The number of rotatable bonds is 12. The molecule has 0 saturated heterocycles. The average Bonchev–Trinajstić information content (AvgIpc) is 3.02. The van der Waals surface area contributed by atoms with Crippen molar-refractivity contribution in [3.05, 3.63) is 131 Å². The van der Waals surface area contributed by atoms with Gasteiger partial charge >= 0.3 is 0 Å². The van der Waals surface area contributed by atoms with E-state index in [9.17, 15) is 18.0 Å². The van der Waals surface area contributed by atoms with Crippen molar-refractivity contribution in [2.45, 2.75) is 70.0 Å².